The number of ether oxygens (including phenoxy) is 1. The maximum atomic E-state index is 13.7. The Kier molecular flexibility index (Phi) is 10.6. The van der Waals surface area contributed by atoms with E-state index in [1.807, 2.05) is 64.4 Å². The molecule has 9 heteroatoms. The molecule has 3 rings (SSSR count). The maximum Gasteiger partial charge on any atom is 0.243 e. The highest BCUT2D eigenvalue weighted by atomic mass is 32.1. The van der Waals surface area contributed by atoms with Gasteiger partial charge in [0.15, 0.2) is 0 Å². The fourth-order valence-corrected chi connectivity index (χ4v) is 5.50. The molecule has 2 amide bonds. The van der Waals surface area contributed by atoms with Crippen LogP contribution in [0.15, 0.2) is 29.8 Å². The van der Waals surface area contributed by atoms with Crippen LogP contribution in [-0.4, -0.2) is 64.5 Å². The molecule has 1 aromatic carbocycles. The average Bonchev–Trinajstić information content (AvgIpc) is 3.48. The number of amides is 2. The molecule has 208 valence electrons. The SMILES string of the molecule is CCCOCCC(=O)C[C@H](C(=O)N1C[C@H](O)C[C@H]1C(=O)NCc1ccc(-c2scnc2C)cc1)C(C)(C)C. The Morgan fingerprint density at radius 2 is 1.92 bits per heavy atom. The Hall–Kier alpha value is -2.62. The number of hydrogen-bond acceptors (Lipinski definition) is 7. The van der Waals surface area contributed by atoms with E-state index in [0.717, 1.165) is 28.1 Å². The molecule has 0 saturated carbocycles. The number of aromatic nitrogens is 1. The van der Waals surface area contributed by atoms with E-state index in [0.29, 0.717) is 19.8 Å². The van der Waals surface area contributed by atoms with Crippen molar-refractivity contribution in [1.82, 2.24) is 15.2 Å². The minimum Gasteiger partial charge on any atom is -0.391 e. The van der Waals surface area contributed by atoms with Crippen LogP contribution in [0.25, 0.3) is 10.4 Å². The molecular formula is C29H41N3O5S. The van der Waals surface area contributed by atoms with Gasteiger partial charge in [-0.15, -0.1) is 11.3 Å². The second-order valence-corrected chi connectivity index (χ2v) is 12.0. The molecule has 1 aliphatic heterocycles. The molecule has 2 heterocycles. The van der Waals surface area contributed by atoms with Crippen LogP contribution in [0.4, 0.5) is 0 Å². The van der Waals surface area contributed by atoms with Crippen LogP contribution >= 0.6 is 11.3 Å². The van der Waals surface area contributed by atoms with Crippen LogP contribution in [0, 0.1) is 18.3 Å². The molecule has 0 radical (unpaired) electrons. The van der Waals surface area contributed by atoms with Gasteiger partial charge >= 0.3 is 0 Å². The van der Waals surface area contributed by atoms with E-state index in [4.69, 9.17) is 4.74 Å². The van der Waals surface area contributed by atoms with Crippen molar-refractivity contribution in [2.75, 3.05) is 19.8 Å². The molecule has 2 aromatic rings. The van der Waals surface area contributed by atoms with Crippen molar-refractivity contribution in [3.05, 3.63) is 41.0 Å². The predicted molar refractivity (Wildman–Crippen MR) is 149 cm³/mol. The van der Waals surface area contributed by atoms with Crippen molar-refractivity contribution in [1.29, 1.82) is 0 Å². The Labute approximate surface area is 229 Å². The fourth-order valence-electron chi connectivity index (χ4n) is 4.69. The van der Waals surface area contributed by atoms with E-state index in [1.165, 1.54) is 4.90 Å². The minimum absolute atomic E-state index is 0.0351. The van der Waals surface area contributed by atoms with Gasteiger partial charge < -0.3 is 20.1 Å². The van der Waals surface area contributed by atoms with Crippen LogP contribution < -0.4 is 5.32 Å². The third-order valence-corrected chi connectivity index (χ3v) is 7.92. The highest BCUT2D eigenvalue weighted by Gasteiger charge is 2.44. The number of hydrogen-bond donors (Lipinski definition) is 2. The number of rotatable bonds is 12. The highest BCUT2D eigenvalue weighted by Crippen LogP contribution is 2.34. The summed E-state index contributed by atoms with van der Waals surface area (Å²) >= 11 is 1.59. The average molecular weight is 544 g/mol. The van der Waals surface area contributed by atoms with Crippen molar-refractivity contribution < 1.29 is 24.2 Å². The van der Waals surface area contributed by atoms with Crippen molar-refractivity contribution in [2.45, 2.75) is 79.0 Å². The Balaban J connectivity index is 1.63. The quantitative estimate of drug-likeness (QED) is 0.390. The van der Waals surface area contributed by atoms with Crippen molar-refractivity contribution in [3.8, 4) is 10.4 Å². The summed E-state index contributed by atoms with van der Waals surface area (Å²) in [7, 11) is 0. The number of carbonyl (C=O) groups is 3. The number of aliphatic hydroxyl groups excluding tert-OH is 1. The van der Waals surface area contributed by atoms with Gasteiger partial charge in [0.1, 0.15) is 11.8 Å². The zero-order chi connectivity index (χ0) is 27.9. The van der Waals surface area contributed by atoms with E-state index in [-0.39, 0.29) is 43.4 Å². The van der Waals surface area contributed by atoms with Crippen molar-refractivity contribution >= 4 is 28.9 Å². The molecule has 0 aliphatic carbocycles. The standard InChI is InChI=1S/C29H41N3O5S/c1-6-12-37-13-11-22(33)14-24(29(3,4)5)28(36)32-17-23(34)15-25(32)27(35)30-16-20-7-9-21(10-8-20)26-19(2)31-18-38-26/h7-10,18,23-25,34H,6,11-17H2,1-5H3,(H,30,35)/t23-,24-,25+/m1/s1. The summed E-state index contributed by atoms with van der Waals surface area (Å²) in [6, 6.07) is 7.17. The van der Waals surface area contributed by atoms with E-state index >= 15 is 0 Å². The summed E-state index contributed by atoms with van der Waals surface area (Å²) in [5, 5.41) is 13.3. The first-order valence-electron chi connectivity index (χ1n) is 13.4. The molecule has 38 heavy (non-hydrogen) atoms. The number of thiazole rings is 1. The van der Waals surface area contributed by atoms with Crippen molar-refractivity contribution in [2.24, 2.45) is 11.3 Å². The highest BCUT2D eigenvalue weighted by molar-refractivity contribution is 7.13. The van der Waals surface area contributed by atoms with Crippen LogP contribution in [0.3, 0.4) is 0 Å². The van der Waals surface area contributed by atoms with E-state index in [9.17, 15) is 19.5 Å². The first kappa shape index (κ1) is 29.9. The van der Waals surface area contributed by atoms with Gasteiger partial charge in [0, 0.05) is 44.9 Å². The monoisotopic (exact) mass is 543 g/mol. The number of likely N-dealkylation sites (tertiary alicyclic amines) is 1. The molecule has 1 aromatic heterocycles. The lowest BCUT2D eigenvalue weighted by molar-refractivity contribution is -0.146. The first-order valence-corrected chi connectivity index (χ1v) is 14.2. The Bertz CT molecular complexity index is 1090. The van der Waals surface area contributed by atoms with Gasteiger partial charge in [-0.05, 0) is 29.9 Å². The van der Waals surface area contributed by atoms with Gasteiger partial charge in [-0.25, -0.2) is 4.98 Å². The van der Waals surface area contributed by atoms with E-state index in [2.05, 4.69) is 10.3 Å². The zero-order valence-corrected chi connectivity index (χ0v) is 24.0. The third kappa shape index (κ3) is 7.94. The molecule has 2 N–H and O–H groups in total. The molecule has 0 unspecified atom stereocenters. The summed E-state index contributed by atoms with van der Waals surface area (Å²) in [4.78, 5) is 46.4. The second kappa shape index (κ2) is 13.4. The smallest absolute Gasteiger partial charge is 0.243 e. The number of aliphatic hydroxyl groups is 1. The topological polar surface area (TPSA) is 109 Å². The number of nitrogens with one attached hydrogen (secondary N) is 1. The van der Waals surface area contributed by atoms with Gasteiger partial charge in [0.2, 0.25) is 11.8 Å². The molecule has 1 saturated heterocycles. The number of Topliss-reactive ketones (excluding diaryl/α,β-unsaturated/α-hetero) is 1. The summed E-state index contributed by atoms with van der Waals surface area (Å²) in [6.45, 7) is 11.1. The molecule has 3 atom stereocenters. The molecular weight excluding hydrogens is 502 g/mol. The molecule has 1 fully saturated rings. The lowest BCUT2D eigenvalue weighted by atomic mass is 9.76. The van der Waals surface area contributed by atoms with Gasteiger partial charge in [-0.3, -0.25) is 14.4 Å². The van der Waals surface area contributed by atoms with Crippen LogP contribution in [-0.2, 0) is 25.7 Å². The van der Waals surface area contributed by atoms with Crippen molar-refractivity contribution in [3.63, 3.8) is 0 Å². The van der Waals surface area contributed by atoms with Gasteiger partial charge in [0.25, 0.3) is 0 Å². The van der Waals surface area contributed by atoms with E-state index in [1.54, 1.807) is 11.3 Å². The Morgan fingerprint density at radius 3 is 2.53 bits per heavy atom. The summed E-state index contributed by atoms with van der Waals surface area (Å²) < 4.78 is 5.43. The number of β-amino-alcohol motifs (C(OH)–C–C–N with tert-alkyl or cyclic N) is 1. The molecule has 1 aliphatic rings. The summed E-state index contributed by atoms with van der Waals surface area (Å²) in [5.41, 5.74) is 4.34. The number of carbonyl (C=O) groups excluding carboxylic acids is 3. The lowest BCUT2D eigenvalue weighted by Crippen LogP contribution is -2.50. The van der Waals surface area contributed by atoms with E-state index < -0.39 is 23.5 Å². The van der Waals surface area contributed by atoms with Gasteiger partial charge in [0.05, 0.1) is 28.8 Å². The lowest BCUT2D eigenvalue weighted by Gasteiger charge is -2.34. The minimum atomic E-state index is -0.782. The fraction of sp³-hybridized carbons (Fsp3) is 0.586. The molecule has 0 spiro atoms. The third-order valence-electron chi connectivity index (χ3n) is 6.94. The van der Waals surface area contributed by atoms with Crippen LogP contribution in [0.2, 0.25) is 0 Å². The number of benzene rings is 1. The second-order valence-electron chi connectivity index (χ2n) is 11.1. The Morgan fingerprint density at radius 1 is 1.21 bits per heavy atom. The predicted octanol–water partition coefficient (Wildman–Crippen LogP) is 4.13. The molecule has 8 nitrogen and oxygen atoms in total. The van der Waals surface area contributed by atoms with Gasteiger partial charge in [-0.1, -0.05) is 52.0 Å². The van der Waals surface area contributed by atoms with Crippen LogP contribution in [0.5, 0.6) is 0 Å². The number of aryl methyl sites for hydroxylation is 1. The number of nitrogens with zero attached hydrogens (tertiary/aromatic N) is 2. The number of ketones is 1. The largest absolute Gasteiger partial charge is 0.391 e. The first-order chi connectivity index (χ1) is 18.0. The summed E-state index contributed by atoms with van der Waals surface area (Å²) in [6.07, 6.45) is 0.626. The maximum absolute atomic E-state index is 13.7. The summed E-state index contributed by atoms with van der Waals surface area (Å²) in [5.74, 6) is -1.19. The molecule has 0 bridgehead atoms. The van der Waals surface area contributed by atoms with Crippen LogP contribution in [0.1, 0.15) is 64.6 Å². The zero-order valence-electron chi connectivity index (χ0n) is 23.2. The normalized spacial score (nSPS) is 18.4. The van der Waals surface area contributed by atoms with Gasteiger partial charge in [-0.2, -0.15) is 0 Å².